The van der Waals surface area contributed by atoms with Crippen molar-refractivity contribution in [2.75, 3.05) is 39.2 Å². The maximum atomic E-state index is 13.1. The third kappa shape index (κ3) is 4.23. The molecule has 0 bridgehead atoms. The molecule has 0 unspecified atom stereocenters. The minimum absolute atomic E-state index is 0.00225. The van der Waals surface area contributed by atoms with Gasteiger partial charge in [0.25, 0.3) is 5.91 Å². The standard InChI is InChI=1S/C20H21ClN2O2S/c1-22(2)10-11-23-17-13-15(21)6-9-18(17)26-19(20(23)24)12-14-4-7-16(25-3)8-5-14/h4-9,12-13H,10-11H2,1-3H3. The van der Waals surface area contributed by atoms with Crippen LogP contribution in [-0.4, -0.2) is 45.1 Å². The zero-order chi connectivity index (χ0) is 18.7. The van der Waals surface area contributed by atoms with Gasteiger partial charge < -0.3 is 14.5 Å². The number of methoxy groups -OCH3 is 1. The van der Waals surface area contributed by atoms with Crippen LogP contribution >= 0.6 is 23.4 Å². The van der Waals surface area contributed by atoms with Gasteiger partial charge in [0.2, 0.25) is 0 Å². The summed E-state index contributed by atoms with van der Waals surface area (Å²) in [5, 5.41) is 0.634. The largest absolute Gasteiger partial charge is 0.497 e. The minimum atomic E-state index is 0.00225. The molecule has 0 aliphatic carbocycles. The second-order valence-corrected chi connectivity index (χ2v) is 7.78. The lowest BCUT2D eigenvalue weighted by molar-refractivity contribution is -0.114. The van der Waals surface area contributed by atoms with Gasteiger partial charge in [-0.05, 0) is 56.1 Å². The Morgan fingerprint density at radius 1 is 1.19 bits per heavy atom. The van der Waals surface area contributed by atoms with Crippen LogP contribution < -0.4 is 9.64 Å². The minimum Gasteiger partial charge on any atom is -0.497 e. The van der Waals surface area contributed by atoms with Crippen molar-refractivity contribution in [3.8, 4) is 5.75 Å². The first-order chi connectivity index (χ1) is 12.5. The molecule has 0 radical (unpaired) electrons. The number of carbonyl (C=O) groups excluding carboxylic acids is 1. The van der Waals surface area contributed by atoms with E-state index in [-0.39, 0.29) is 5.91 Å². The van der Waals surface area contributed by atoms with E-state index in [0.717, 1.165) is 28.4 Å². The average Bonchev–Trinajstić information content (AvgIpc) is 2.62. The van der Waals surface area contributed by atoms with Crippen molar-refractivity contribution in [3.05, 3.63) is 58.0 Å². The van der Waals surface area contributed by atoms with Crippen molar-refractivity contribution >= 4 is 41.0 Å². The van der Waals surface area contributed by atoms with Gasteiger partial charge in [-0.15, -0.1) is 0 Å². The third-order valence-corrected chi connectivity index (χ3v) is 5.38. The normalized spacial score (nSPS) is 15.5. The second-order valence-electron chi connectivity index (χ2n) is 6.26. The van der Waals surface area contributed by atoms with Crippen molar-refractivity contribution in [2.45, 2.75) is 4.90 Å². The maximum Gasteiger partial charge on any atom is 0.265 e. The van der Waals surface area contributed by atoms with E-state index in [4.69, 9.17) is 16.3 Å². The van der Waals surface area contributed by atoms with E-state index in [1.807, 2.05) is 67.5 Å². The van der Waals surface area contributed by atoms with E-state index >= 15 is 0 Å². The van der Waals surface area contributed by atoms with Crippen molar-refractivity contribution in [3.63, 3.8) is 0 Å². The molecular formula is C20H21ClN2O2S. The Morgan fingerprint density at radius 3 is 2.58 bits per heavy atom. The highest BCUT2D eigenvalue weighted by Crippen LogP contribution is 2.43. The number of ether oxygens (including phenoxy) is 1. The quantitative estimate of drug-likeness (QED) is 0.711. The number of halogens is 1. The highest BCUT2D eigenvalue weighted by Gasteiger charge is 2.29. The summed E-state index contributed by atoms with van der Waals surface area (Å²) in [6, 6.07) is 13.4. The molecule has 1 aliphatic rings. The van der Waals surface area contributed by atoms with Crippen LogP contribution in [0.25, 0.3) is 6.08 Å². The van der Waals surface area contributed by atoms with E-state index in [2.05, 4.69) is 4.90 Å². The van der Waals surface area contributed by atoms with Gasteiger partial charge in [-0.3, -0.25) is 4.79 Å². The first-order valence-corrected chi connectivity index (χ1v) is 9.47. The molecule has 3 rings (SSSR count). The molecule has 0 spiro atoms. The van der Waals surface area contributed by atoms with E-state index in [1.165, 1.54) is 11.8 Å². The SMILES string of the molecule is COc1ccc(C=C2Sc3ccc(Cl)cc3N(CCN(C)C)C2=O)cc1. The molecular weight excluding hydrogens is 368 g/mol. The Balaban J connectivity index is 1.95. The van der Waals surface area contributed by atoms with Crippen molar-refractivity contribution in [1.29, 1.82) is 0 Å². The lowest BCUT2D eigenvalue weighted by Crippen LogP contribution is -2.39. The molecule has 136 valence electrons. The molecule has 0 saturated heterocycles. The van der Waals surface area contributed by atoms with Crippen LogP contribution in [0.5, 0.6) is 5.75 Å². The summed E-state index contributed by atoms with van der Waals surface area (Å²) < 4.78 is 5.19. The Bertz CT molecular complexity index is 834. The topological polar surface area (TPSA) is 32.8 Å². The molecule has 2 aromatic carbocycles. The number of likely N-dealkylation sites (N-methyl/N-ethyl adjacent to an activating group) is 1. The van der Waals surface area contributed by atoms with Gasteiger partial charge in [0, 0.05) is 23.0 Å². The lowest BCUT2D eigenvalue weighted by Gasteiger charge is -2.31. The molecule has 4 nitrogen and oxygen atoms in total. The molecule has 1 aliphatic heterocycles. The summed E-state index contributed by atoms with van der Waals surface area (Å²) in [6.07, 6.45) is 1.92. The number of amides is 1. The monoisotopic (exact) mass is 388 g/mol. The Hall–Kier alpha value is -1.95. The molecule has 0 saturated carbocycles. The van der Waals surface area contributed by atoms with Gasteiger partial charge in [0.1, 0.15) is 5.75 Å². The Kier molecular flexibility index (Phi) is 5.91. The summed E-state index contributed by atoms with van der Waals surface area (Å²) >= 11 is 7.65. The molecule has 2 aromatic rings. The highest BCUT2D eigenvalue weighted by molar-refractivity contribution is 8.04. The predicted molar refractivity (Wildman–Crippen MR) is 109 cm³/mol. The third-order valence-electron chi connectivity index (χ3n) is 4.07. The van der Waals surface area contributed by atoms with Gasteiger partial charge in [-0.25, -0.2) is 0 Å². The van der Waals surface area contributed by atoms with Gasteiger partial charge in [-0.2, -0.15) is 0 Å². The molecule has 1 amide bonds. The number of benzene rings is 2. The zero-order valence-electron chi connectivity index (χ0n) is 15.0. The van der Waals surface area contributed by atoms with E-state index in [0.29, 0.717) is 16.5 Å². The maximum absolute atomic E-state index is 13.1. The van der Waals surface area contributed by atoms with Crippen LogP contribution in [0.2, 0.25) is 5.02 Å². The Labute approximate surface area is 163 Å². The van der Waals surface area contributed by atoms with E-state index in [1.54, 1.807) is 7.11 Å². The van der Waals surface area contributed by atoms with Crippen LogP contribution in [-0.2, 0) is 4.79 Å². The van der Waals surface area contributed by atoms with Crippen molar-refractivity contribution < 1.29 is 9.53 Å². The van der Waals surface area contributed by atoms with Gasteiger partial charge >= 0.3 is 0 Å². The predicted octanol–water partition coefficient (Wildman–Crippen LogP) is 4.39. The fourth-order valence-corrected chi connectivity index (χ4v) is 3.86. The number of hydrogen-bond acceptors (Lipinski definition) is 4. The average molecular weight is 389 g/mol. The highest BCUT2D eigenvalue weighted by atomic mass is 35.5. The van der Waals surface area contributed by atoms with Gasteiger partial charge in [0.05, 0.1) is 17.7 Å². The van der Waals surface area contributed by atoms with E-state index in [9.17, 15) is 4.79 Å². The zero-order valence-corrected chi connectivity index (χ0v) is 16.6. The van der Waals surface area contributed by atoms with Crippen LogP contribution in [0.1, 0.15) is 5.56 Å². The fraction of sp³-hybridized carbons (Fsp3) is 0.250. The fourth-order valence-electron chi connectivity index (χ4n) is 2.66. The van der Waals surface area contributed by atoms with Crippen LogP contribution in [0, 0.1) is 0 Å². The number of thioether (sulfide) groups is 1. The summed E-state index contributed by atoms with van der Waals surface area (Å²) in [4.78, 5) is 18.7. The summed E-state index contributed by atoms with van der Waals surface area (Å²) in [6.45, 7) is 1.39. The smallest absolute Gasteiger partial charge is 0.265 e. The number of fused-ring (bicyclic) bond motifs is 1. The van der Waals surface area contributed by atoms with Crippen molar-refractivity contribution in [2.24, 2.45) is 0 Å². The van der Waals surface area contributed by atoms with Crippen LogP contribution in [0.4, 0.5) is 5.69 Å². The first-order valence-electron chi connectivity index (χ1n) is 8.27. The summed E-state index contributed by atoms with van der Waals surface area (Å²) in [5.41, 5.74) is 1.84. The van der Waals surface area contributed by atoms with Crippen molar-refractivity contribution in [1.82, 2.24) is 4.90 Å². The number of carbonyl (C=O) groups is 1. The molecule has 0 aromatic heterocycles. The molecule has 1 heterocycles. The van der Waals surface area contributed by atoms with Gasteiger partial charge in [-0.1, -0.05) is 35.5 Å². The number of anilines is 1. The molecule has 0 N–H and O–H groups in total. The first kappa shape index (κ1) is 18.8. The summed E-state index contributed by atoms with van der Waals surface area (Å²) in [5.74, 6) is 0.796. The molecule has 26 heavy (non-hydrogen) atoms. The van der Waals surface area contributed by atoms with Crippen LogP contribution in [0.3, 0.4) is 0 Å². The number of nitrogens with zero attached hydrogens (tertiary/aromatic N) is 2. The number of hydrogen-bond donors (Lipinski definition) is 0. The van der Waals surface area contributed by atoms with Gasteiger partial charge in [0.15, 0.2) is 0 Å². The lowest BCUT2D eigenvalue weighted by atomic mass is 10.2. The van der Waals surface area contributed by atoms with Crippen LogP contribution in [0.15, 0.2) is 52.3 Å². The summed E-state index contributed by atoms with van der Waals surface area (Å²) in [7, 11) is 5.63. The number of rotatable bonds is 5. The molecule has 6 heteroatoms. The molecule has 0 fully saturated rings. The second kappa shape index (κ2) is 8.16. The van der Waals surface area contributed by atoms with E-state index < -0.39 is 0 Å². The Morgan fingerprint density at radius 2 is 1.92 bits per heavy atom. The molecule has 0 atom stereocenters.